The summed E-state index contributed by atoms with van der Waals surface area (Å²) in [7, 11) is 5.71. The van der Waals surface area contributed by atoms with Gasteiger partial charge in [-0.05, 0) is 63.5 Å². The number of hydrogen-bond donors (Lipinski definition) is 1. The maximum atomic E-state index is 13.4. The first-order valence-corrected chi connectivity index (χ1v) is 13.0. The molecule has 0 spiro atoms. The summed E-state index contributed by atoms with van der Waals surface area (Å²) in [5.74, 6) is 0.409. The van der Waals surface area contributed by atoms with Crippen molar-refractivity contribution < 1.29 is 19.1 Å². The highest BCUT2D eigenvalue weighted by molar-refractivity contribution is 6.03. The molecule has 1 saturated heterocycles. The molecule has 3 rings (SSSR count). The van der Waals surface area contributed by atoms with Crippen molar-refractivity contribution in [3.63, 3.8) is 0 Å². The predicted molar refractivity (Wildman–Crippen MR) is 146 cm³/mol. The number of carbonyl (C=O) groups excluding carboxylic acids is 2. The molecule has 1 unspecified atom stereocenters. The third-order valence-electron chi connectivity index (χ3n) is 7.47. The van der Waals surface area contributed by atoms with E-state index in [4.69, 9.17) is 9.47 Å². The molecule has 2 aromatic carbocycles. The van der Waals surface area contributed by atoms with E-state index in [2.05, 4.69) is 16.8 Å². The van der Waals surface area contributed by atoms with Gasteiger partial charge in [-0.1, -0.05) is 61.9 Å². The Morgan fingerprint density at radius 2 is 1.70 bits per heavy atom. The van der Waals surface area contributed by atoms with E-state index in [9.17, 15) is 9.59 Å². The van der Waals surface area contributed by atoms with Gasteiger partial charge in [0.2, 0.25) is 5.91 Å². The molecular weight excluding hydrogens is 466 g/mol. The number of ether oxygens (including phenoxy) is 2. The number of likely N-dealkylation sites (tertiary alicyclic amines) is 1. The largest absolute Gasteiger partial charge is 0.469 e. The van der Waals surface area contributed by atoms with E-state index in [1.54, 1.807) is 13.2 Å². The minimum Gasteiger partial charge on any atom is -0.469 e. The fourth-order valence-corrected chi connectivity index (χ4v) is 4.96. The van der Waals surface area contributed by atoms with E-state index < -0.39 is 17.7 Å². The van der Waals surface area contributed by atoms with E-state index in [0.717, 1.165) is 16.7 Å². The number of urea groups is 1. The summed E-state index contributed by atoms with van der Waals surface area (Å²) >= 11 is 0. The lowest BCUT2D eigenvalue weighted by Gasteiger charge is -2.53. The molecule has 0 saturated carbocycles. The summed E-state index contributed by atoms with van der Waals surface area (Å²) in [6, 6.07) is 15.1. The van der Waals surface area contributed by atoms with Crippen LogP contribution in [0.1, 0.15) is 61.9 Å². The van der Waals surface area contributed by atoms with Crippen molar-refractivity contribution in [1.29, 1.82) is 0 Å². The molecule has 3 atom stereocenters. The summed E-state index contributed by atoms with van der Waals surface area (Å²) in [5, 5.41) is 3.03. The Hall–Kier alpha value is -3.16. The van der Waals surface area contributed by atoms with Crippen molar-refractivity contribution in [2.24, 2.45) is 5.41 Å². The normalized spacial score (nSPS) is 18.2. The summed E-state index contributed by atoms with van der Waals surface area (Å²) in [5.41, 5.74) is 2.46. The Labute approximate surface area is 221 Å². The molecule has 200 valence electrons. The number of amides is 3. The second-order valence-corrected chi connectivity index (χ2v) is 9.95. The molecule has 0 aliphatic carbocycles. The monoisotopic (exact) mass is 507 g/mol. The van der Waals surface area contributed by atoms with Gasteiger partial charge < -0.3 is 19.7 Å². The van der Waals surface area contributed by atoms with Crippen molar-refractivity contribution in [3.8, 4) is 5.75 Å². The molecule has 3 amide bonds. The topological polar surface area (TPSA) is 71.1 Å². The maximum absolute atomic E-state index is 13.4. The van der Waals surface area contributed by atoms with Crippen LogP contribution >= 0.6 is 0 Å². The summed E-state index contributed by atoms with van der Waals surface area (Å²) in [6.07, 6.45) is 2.79. The number of nitrogens with zero attached hydrogens (tertiary/aromatic N) is 2. The number of carbonyl (C=O) groups is 2. The van der Waals surface area contributed by atoms with Crippen LogP contribution in [0.2, 0.25) is 0 Å². The average Bonchev–Trinajstić information content (AvgIpc) is 2.88. The van der Waals surface area contributed by atoms with Crippen LogP contribution in [0.25, 0.3) is 0 Å². The standard InChI is InChI=1S/C30H41N3O4/c1-8-11-25(22-14-12-21(4)13-15-22)31-29(35)33-27(34)30(9-2,10-3)28(33)37-24-18-16-23(17-19-24)26(20-36-7)32(5)6/h8,12-19,25-26,28H,1,9-11,20H2,2-7H3,(H,31,35)/t25?,26-,28-/m0/s1. The van der Waals surface area contributed by atoms with Gasteiger partial charge in [-0.15, -0.1) is 6.58 Å². The number of methoxy groups -OCH3 is 1. The van der Waals surface area contributed by atoms with Gasteiger partial charge in [-0.2, -0.15) is 0 Å². The number of imide groups is 1. The van der Waals surface area contributed by atoms with Gasteiger partial charge >= 0.3 is 6.03 Å². The third kappa shape index (κ3) is 5.89. The Bertz CT molecular complexity index is 1060. The molecule has 7 nitrogen and oxygen atoms in total. The number of aryl methyl sites for hydroxylation is 1. The zero-order valence-electron chi connectivity index (χ0n) is 23.0. The van der Waals surface area contributed by atoms with Gasteiger partial charge in [-0.3, -0.25) is 4.79 Å². The van der Waals surface area contributed by atoms with Gasteiger partial charge in [0.1, 0.15) is 11.2 Å². The number of likely N-dealkylation sites (N-methyl/N-ethyl adjacent to an activating group) is 1. The second-order valence-electron chi connectivity index (χ2n) is 9.95. The third-order valence-corrected chi connectivity index (χ3v) is 7.47. The van der Waals surface area contributed by atoms with Crippen LogP contribution < -0.4 is 10.1 Å². The van der Waals surface area contributed by atoms with Crippen LogP contribution in [0.3, 0.4) is 0 Å². The summed E-state index contributed by atoms with van der Waals surface area (Å²) in [4.78, 5) is 30.1. The summed E-state index contributed by atoms with van der Waals surface area (Å²) < 4.78 is 11.7. The molecule has 1 aliphatic heterocycles. The van der Waals surface area contributed by atoms with Crippen molar-refractivity contribution in [2.75, 3.05) is 27.8 Å². The molecule has 2 aromatic rings. The highest BCUT2D eigenvalue weighted by Crippen LogP contribution is 2.46. The van der Waals surface area contributed by atoms with Crippen LogP contribution in [0.5, 0.6) is 5.75 Å². The Morgan fingerprint density at radius 3 is 2.22 bits per heavy atom. The van der Waals surface area contributed by atoms with E-state index in [-0.39, 0.29) is 18.0 Å². The SMILES string of the molecule is C=CCC(NC(=O)N1C(=O)C(CC)(CC)[C@@H]1Oc1ccc([C@H](COC)N(C)C)cc1)c1ccc(C)cc1. The van der Waals surface area contributed by atoms with Crippen molar-refractivity contribution >= 4 is 11.9 Å². The zero-order valence-corrected chi connectivity index (χ0v) is 23.0. The number of hydrogen-bond acceptors (Lipinski definition) is 5. The van der Waals surface area contributed by atoms with Gasteiger partial charge in [0, 0.05) is 7.11 Å². The van der Waals surface area contributed by atoms with E-state index >= 15 is 0 Å². The molecule has 7 heteroatoms. The highest BCUT2D eigenvalue weighted by Gasteiger charge is 2.63. The first-order chi connectivity index (χ1) is 17.7. The number of rotatable bonds is 12. The van der Waals surface area contributed by atoms with Crippen molar-refractivity contribution in [3.05, 3.63) is 77.9 Å². The van der Waals surface area contributed by atoms with Gasteiger partial charge in [0.05, 0.1) is 18.7 Å². The number of benzene rings is 2. The van der Waals surface area contributed by atoms with E-state index in [0.29, 0.717) is 31.6 Å². The van der Waals surface area contributed by atoms with Crippen molar-refractivity contribution in [2.45, 2.75) is 58.3 Å². The first kappa shape index (κ1) is 28.4. The van der Waals surface area contributed by atoms with Crippen LogP contribution in [-0.4, -0.2) is 55.8 Å². The minimum absolute atomic E-state index is 0.112. The molecule has 37 heavy (non-hydrogen) atoms. The molecule has 1 N–H and O–H groups in total. The van der Waals surface area contributed by atoms with E-state index in [1.165, 1.54) is 4.90 Å². The lowest BCUT2D eigenvalue weighted by Crippen LogP contribution is -2.73. The molecule has 0 aromatic heterocycles. The Balaban J connectivity index is 1.82. The number of nitrogens with one attached hydrogen (secondary N) is 1. The number of β-lactam (4-membered cyclic amide) rings is 1. The molecule has 0 radical (unpaired) electrons. The van der Waals surface area contributed by atoms with Crippen LogP contribution in [0.4, 0.5) is 4.79 Å². The zero-order chi connectivity index (χ0) is 27.2. The van der Waals surface area contributed by atoms with Gasteiger partial charge in [0.25, 0.3) is 0 Å². The first-order valence-electron chi connectivity index (χ1n) is 13.0. The van der Waals surface area contributed by atoms with Crippen LogP contribution in [0.15, 0.2) is 61.2 Å². The Kier molecular flexibility index (Phi) is 9.51. The van der Waals surface area contributed by atoms with Gasteiger partial charge in [-0.25, -0.2) is 9.69 Å². The minimum atomic E-state index is -0.740. The van der Waals surface area contributed by atoms with Gasteiger partial charge in [0.15, 0.2) is 6.23 Å². The molecule has 0 bridgehead atoms. The fourth-order valence-electron chi connectivity index (χ4n) is 4.96. The van der Waals surface area contributed by atoms with Crippen molar-refractivity contribution in [1.82, 2.24) is 15.1 Å². The van der Waals surface area contributed by atoms with Crippen LogP contribution in [-0.2, 0) is 9.53 Å². The molecule has 1 fully saturated rings. The Morgan fingerprint density at radius 1 is 1.11 bits per heavy atom. The molecule has 1 heterocycles. The van der Waals surface area contributed by atoms with E-state index in [1.807, 2.05) is 83.4 Å². The molecule has 1 aliphatic rings. The fraction of sp³-hybridized carbons (Fsp3) is 0.467. The second kappa shape index (κ2) is 12.4. The average molecular weight is 508 g/mol. The lowest BCUT2D eigenvalue weighted by molar-refractivity contribution is -0.191. The predicted octanol–water partition coefficient (Wildman–Crippen LogP) is 5.62. The molecular formula is C30H41N3O4. The maximum Gasteiger partial charge on any atom is 0.327 e. The quantitative estimate of drug-likeness (QED) is 0.298. The highest BCUT2D eigenvalue weighted by atomic mass is 16.5. The lowest BCUT2D eigenvalue weighted by atomic mass is 9.72. The van der Waals surface area contributed by atoms with Crippen LogP contribution in [0, 0.1) is 12.3 Å². The summed E-state index contributed by atoms with van der Waals surface area (Å²) in [6.45, 7) is 10.4. The smallest absolute Gasteiger partial charge is 0.327 e.